The van der Waals surface area contributed by atoms with Gasteiger partial charge in [0.15, 0.2) is 0 Å². The number of nitro groups is 1. The maximum atomic E-state index is 12.0. The number of benzene rings is 2. The molecule has 0 atom stereocenters. The van der Waals surface area contributed by atoms with E-state index in [0.717, 1.165) is 0 Å². The molecule has 8 heteroatoms. The standard InChI is InChI=1S/C16H12N4O4/c17-9-11(10-18-12-4-6-15(21)7-5-12)16(22)19-13-2-1-3-14(8-13)20(23)24/h1-8,10,18,21H,(H,19,22)/b11-10-. The highest BCUT2D eigenvalue weighted by molar-refractivity contribution is 6.06. The molecule has 0 aliphatic rings. The molecule has 2 rings (SSSR count). The van der Waals surface area contributed by atoms with Gasteiger partial charge in [-0.15, -0.1) is 0 Å². The van der Waals surface area contributed by atoms with Crippen LogP contribution in [0.15, 0.2) is 60.3 Å². The summed E-state index contributed by atoms with van der Waals surface area (Å²) in [6, 6.07) is 13.2. The Labute approximate surface area is 136 Å². The monoisotopic (exact) mass is 324 g/mol. The highest BCUT2D eigenvalue weighted by atomic mass is 16.6. The predicted octanol–water partition coefficient (Wildman–Crippen LogP) is 2.76. The van der Waals surface area contributed by atoms with E-state index in [1.807, 2.05) is 0 Å². The van der Waals surface area contributed by atoms with E-state index in [9.17, 15) is 20.0 Å². The Hall–Kier alpha value is -3.86. The van der Waals surface area contributed by atoms with Gasteiger partial charge in [0.05, 0.1) is 4.92 Å². The molecule has 0 aromatic heterocycles. The summed E-state index contributed by atoms with van der Waals surface area (Å²) in [5.74, 6) is -0.613. The molecule has 3 N–H and O–H groups in total. The SMILES string of the molecule is N#C/C(=C/Nc1ccc(O)cc1)C(=O)Nc1cccc([N+](=O)[O-])c1. The van der Waals surface area contributed by atoms with Gasteiger partial charge in [-0.3, -0.25) is 14.9 Å². The molecule has 2 aromatic rings. The number of rotatable bonds is 5. The molecule has 0 fully saturated rings. The second-order valence-corrected chi connectivity index (χ2v) is 4.62. The van der Waals surface area contributed by atoms with Gasteiger partial charge < -0.3 is 15.7 Å². The third kappa shape index (κ3) is 4.32. The van der Waals surface area contributed by atoms with Gasteiger partial charge in [0, 0.05) is 29.7 Å². The van der Waals surface area contributed by atoms with Gasteiger partial charge >= 0.3 is 0 Å². The Morgan fingerprint density at radius 3 is 2.54 bits per heavy atom. The third-order valence-corrected chi connectivity index (χ3v) is 2.93. The van der Waals surface area contributed by atoms with Crippen molar-refractivity contribution in [3.63, 3.8) is 0 Å². The van der Waals surface area contributed by atoms with Crippen LogP contribution >= 0.6 is 0 Å². The van der Waals surface area contributed by atoms with Crippen molar-refractivity contribution in [2.45, 2.75) is 0 Å². The minimum atomic E-state index is -0.704. The zero-order valence-corrected chi connectivity index (χ0v) is 12.3. The Morgan fingerprint density at radius 2 is 1.92 bits per heavy atom. The summed E-state index contributed by atoms with van der Waals surface area (Å²) < 4.78 is 0. The summed E-state index contributed by atoms with van der Waals surface area (Å²) in [6.07, 6.45) is 1.21. The van der Waals surface area contributed by atoms with Crippen LogP contribution in [0.2, 0.25) is 0 Å². The molecule has 0 bridgehead atoms. The van der Waals surface area contributed by atoms with Crippen LogP contribution in [0.25, 0.3) is 0 Å². The first-order chi connectivity index (χ1) is 11.5. The lowest BCUT2D eigenvalue weighted by Crippen LogP contribution is -2.14. The Balaban J connectivity index is 2.10. The van der Waals surface area contributed by atoms with E-state index in [0.29, 0.717) is 5.69 Å². The first-order valence-corrected chi connectivity index (χ1v) is 6.71. The van der Waals surface area contributed by atoms with Gasteiger partial charge in [0.25, 0.3) is 11.6 Å². The number of anilines is 2. The molecular weight excluding hydrogens is 312 g/mol. The third-order valence-electron chi connectivity index (χ3n) is 2.93. The molecule has 0 aliphatic carbocycles. The molecule has 120 valence electrons. The van der Waals surface area contributed by atoms with Crippen molar-refractivity contribution in [3.05, 3.63) is 70.4 Å². The average molecular weight is 324 g/mol. The van der Waals surface area contributed by atoms with Gasteiger partial charge in [-0.1, -0.05) is 6.07 Å². The molecule has 0 saturated carbocycles. The minimum Gasteiger partial charge on any atom is -0.508 e. The minimum absolute atomic E-state index is 0.0912. The lowest BCUT2D eigenvalue weighted by Gasteiger charge is -2.05. The summed E-state index contributed by atoms with van der Waals surface area (Å²) in [6.45, 7) is 0. The number of aromatic hydroxyl groups is 1. The number of phenols is 1. The summed E-state index contributed by atoms with van der Waals surface area (Å²) in [4.78, 5) is 22.2. The number of non-ortho nitro benzene ring substituents is 1. The quantitative estimate of drug-likeness (QED) is 0.255. The van der Waals surface area contributed by atoms with Crippen LogP contribution in [0.1, 0.15) is 0 Å². The molecule has 24 heavy (non-hydrogen) atoms. The predicted molar refractivity (Wildman–Crippen MR) is 87.2 cm³/mol. The fraction of sp³-hybridized carbons (Fsp3) is 0. The van der Waals surface area contributed by atoms with Gasteiger partial charge in [0.2, 0.25) is 0 Å². The average Bonchev–Trinajstić information content (AvgIpc) is 2.57. The maximum Gasteiger partial charge on any atom is 0.271 e. The molecule has 0 saturated heterocycles. The number of nitriles is 1. The van der Waals surface area contributed by atoms with Gasteiger partial charge in [0.1, 0.15) is 17.4 Å². The Kier molecular flexibility index (Phi) is 5.10. The fourth-order valence-electron chi connectivity index (χ4n) is 1.76. The van der Waals surface area contributed by atoms with Crippen molar-refractivity contribution in [2.75, 3.05) is 10.6 Å². The molecule has 0 heterocycles. The zero-order valence-electron chi connectivity index (χ0n) is 12.3. The van der Waals surface area contributed by atoms with Crippen LogP contribution in [0.5, 0.6) is 5.75 Å². The molecule has 0 radical (unpaired) electrons. The molecule has 0 unspecified atom stereocenters. The highest BCUT2D eigenvalue weighted by Gasteiger charge is 2.12. The molecule has 0 aliphatic heterocycles. The van der Waals surface area contributed by atoms with Crippen LogP contribution < -0.4 is 10.6 Å². The normalized spacial score (nSPS) is 10.5. The van der Waals surface area contributed by atoms with Crippen molar-refractivity contribution in [3.8, 4) is 11.8 Å². The van der Waals surface area contributed by atoms with E-state index in [2.05, 4.69) is 10.6 Å². The molecule has 0 spiro atoms. The van der Waals surface area contributed by atoms with Crippen LogP contribution in [-0.4, -0.2) is 15.9 Å². The van der Waals surface area contributed by atoms with Gasteiger partial charge in [-0.2, -0.15) is 5.26 Å². The van der Waals surface area contributed by atoms with Crippen LogP contribution in [-0.2, 0) is 4.79 Å². The fourth-order valence-corrected chi connectivity index (χ4v) is 1.76. The van der Waals surface area contributed by atoms with Gasteiger partial charge in [-0.05, 0) is 30.3 Å². The van der Waals surface area contributed by atoms with Crippen molar-refractivity contribution in [2.24, 2.45) is 0 Å². The smallest absolute Gasteiger partial charge is 0.271 e. The van der Waals surface area contributed by atoms with E-state index >= 15 is 0 Å². The Morgan fingerprint density at radius 1 is 1.21 bits per heavy atom. The first kappa shape index (κ1) is 16.5. The second-order valence-electron chi connectivity index (χ2n) is 4.62. The molecular formula is C16H12N4O4. The van der Waals surface area contributed by atoms with Crippen LogP contribution in [0.3, 0.4) is 0 Å². The number of carbonyl (C=O) groups excluding carboxylic acids is 1. The number of nitro benzene ring substituents is 1. The van der Waals surface area contributed by atoms with Gasteiger partial charge in [-0.25, -0.2) is 0 Å². The summed E-state index contributed by atoms with van der Waals surface area (Å²) in [7, 11) is 0. The Bertz CT molecular complexity index is 838. The number of carbonyl (C=O) groups is 1. The number of nitrogens with zero attached hydrogens (tertiary/aromatic N) is 2. The lowest BCUT2D eigenvalue weighted by molar-refractivity contribution is -0.384. The number of amides is 1. The van der Waals surface area contributed by atoms with Crippen molar-refractivity contribution >= 4 is 23.0 Å². The lowest BCUT2D eigenvalue weighted by atomic mass is 10.2. The van der Waals surface area contributed by atoms with Crippen molar-refractivity contribution < 1.29 is 14.8 Å². The summed E-state index contributed by atoms with van der Waals surface area (Å²) >= 11 is 0. The zero-order chi connectivity index (χ0) is 17.5. The summed E-state index contributed by atoms with van der Waals surface area (Å²) in [5.41, 5.74) is 0.399. The van der Waals surface area contributed by atoms with E-state index < -0.39 is 10.8 Å². The van der Waals surface area contributed by atoms with Crippen molar-refractivity contribution in [1.29, 1.82) is 5.26 Å². The largest absolute Gasteiger partial charge is 0.508 e. The van der Waals surface area contributed by atoms with E-state index in [-0.39, 0.29) is 22.7 Å². The number of nitrogens with one attached hydrogen (secondary N) is 2. The maximum absolute atomic E-state index is 12.0. The number of hydrogen-bond donors (Lipinski definition) is 3. The van der Waals surface area contributed by atoms with E-state index in [1.54, 1.807) is 18.2 Å². The topological polar surface area (TPSA) is 128 Å². The molecule has 8 nitrogen and oxygen atoms in total. The first-order valence-electron chi connectivity index (χ1n) is 6.71. The van der Waals surface area contributed by atoms with E-state index in [1.165, 1.54) is 42.6 Å². The molecule has 2 aromatic carbocycles. The number of phenolic OH excluding ortho intramolecular Hbond substituents is 1. The molecule has 1 amide bonds. The van der Waals surface area contributed by atoms with Crippen LogP contribution in [0.4, 0.5) is 17.1 Å². The number of hydrogen-bond acceptors (Lipinski definition) is 6. The van der Waals surface area contributed by atoms with Crippen LogP contribution in [0, 0.1) is 21.4 Å². The summed E-state index contributed by atoms with van der Waals surface area (Å²) in [5, 5.41) is 34.1. The highest BCUT2D eigenvalue weighted by Crippen LogP contribution is 2.18. The second kappa shape index (κ2) is 7.42. The van der Waals surface area contributed by atoms with Crippen molar-refractivity contribution in [1.82, 2.24) is 0 Å². The van der Waals surface area contributed by atoms with E-state index in [4.69, 9.17) is 5.26 Å².